The first-order chi connectivity index (χ1) is 10.9. The van der Waals surface area contributed by atoms with Gasteiger partial charge in [0, 0.05) is 36.7 Å². The fourth-order valence-corrected chi connectivity index (χ4v) is 3.24. The van der Waals surface area contributed by atoms with Gasteiger partial charge < -0.3 is 9.47 Å². The van der Waals surface area contributed by atoms with Crippen LogP contribution in [0.1, 0.15) is 44.0 Å². The van der Waals surface area contributed by atoms with Crippen molar-refractivity contribution in [3.05, 3.63) is 48.5 Å². The quantitative estimate of drug-likeness (QED) is 0.846. The van der Waals surface area contributed by atoms with Gasteiger partial charge in [-0.25, -0.2) is 4.98 Å². The van der Waals surface area contributed by atoms with Crippen LogP contribution in [0.2, 0.25) is 0 Å². The Morgan fingerprint density at radius 1 is 1.22 bits per heavy atom. The van der Waals surface area contributed by atoms with Crippen LogP contribution >= 0.6 is 0 Å². The van der Waals surface area contributed by atoms with Crippen molar-refractivity contribution >= 4 is 5.91 Å². The van der Waals surface area contributed by atoms with E-state index in [2.05, 4.69) is 25.8 Å². The van der Waals surface area contributed by atoms with Crippen LogP contribution < -0.4 is 0 Å². The molecule has 23 heavy (non-hydrogen) atoms. The molecular formula is C19H25N3O. The smallest absolute Gasteiger partial charge is 0.253 e. The van der Waals surface area contributed by atoms with Crippen molar-refractivity contribution in [1.29, 1.82) is 0 Å². The number of carbonyl (C=O) groups is 1. The molecule has 4 nitrogen and oxygen atoms in total. The molecule has 0 aliphatic carbocycles. The van der Waals surface area contributed by atoms with Gasteiger partial charge in [-0.3, -0.25) is 4.79 Å². The fourth-order valence-electron chi connectivity index (χ4n) is 3.24. The van der Waals surface area contributed by atoms with Gasteiger partial charge in [-0.15, -0.1) is 0 Å². The molecule has 0 spiro atoms. The Balaban J connectivity index is 1.72. The molecule has 1 fully saturated rings. The highest BCUT2D eigenvalue weighted by molar-refractivity contribution is 5.94. The third-order valence-electron chi connectivity index (χ3n) is 4.85. The first-order valence-corrected chi connectivity index (χ1v) is 8.33. The molecule has 4 heteroatoms. The predicted octanol–water partition coefficient (Wildman–Crippen LogP) is 3.77. The summed E-state index contributed by atoms with van der Waals surface area (Å²) in [6.45, 7) is 8.54. The molecule has 0 N–H and O–H groups in total. The van der Waals surface area contributed by atoms with Crippen molar-refractivity contribution in [1.82, 2.24) is 14.5 Å². The number of hydrogen-bond acceptors (Lipinski definition) is 2. The molecule has 1 aromatic carbocycles. The number of aromatic nitrogens is 2. The SMILES string of the molecule is CC(C)(C)[C@H]1CCCN(C(=O)c2ccc(-n3ccnc3)cc2)C1. The lowest BCUT2D eigenvalue weighted by molar-refractivity contribution is 0.0563. The van der Waals surface area contributed by atoms with Crippen molar-refractivity contribution in [2.75, 3.05) is 13.1 Å². The molecule has 1 aliphatic heterocycles. The Kier molecular flexibility index (Phi) is 4.24. The van der Waals surface area contributed by atoms with Crippen LogP contribution in [0.25, 0.3) is 5.69 Å². The number of carbonyl (C=O) groups excluding carboxylic acids is 1. The molecule has 2 heterocycles. The average Bonchev–Trinajstić information content (AvgIpc) is 3.08. The summed E-state index contributed by atoms with van der Waals surface area (Å²) in [4.78, 5) is 18.8. The second-order valence-corrected chi connectivity index (χ2v) is 7.47. The molecule has 1 saturated heterocycles. The van der Waals surface area contributed by atoms with Gasteiger partial charge in [0.25, 0.3) is 5.91 Å². The third-order valence-corrected chi connectivity index (χ3v) is 4.85. The largest absolute Gasteiger partial charge is 0.338 e. The molecule has 0 radical (unpaired) electrons. The normalized spacial score (nSPS) is 18.9. The van der Waals surface area contributed by atoms with Crippen LogP contribution in [0, 0.1) is 11.3 Å². The van der Waals surface area contributed by atoms with Crippen LogP contribution in [0.4, 0.5) is 0 Å². The van der Waals surface area contributed by atoms with Crippen molar-refractivity contribution in [3.8, 4) is 5.69 Å². The maximum atomic E-state index is 12.8. The van der Waals surface area contributed by atoms with Crippen molar-refractivity contribution in [3.63, 3.8) is 0 Å². The van der Waals surface area contributed by atoms with E-state index in [1.54, 1.807) is 12.5 Å². The van der Waals surface area contributed by atoms with E-state index in [9.17, 15) is 4.79 Å². The average molecular weight is 311 g/mol. The third kappa shape index (κ3) is 3.46. The standard InChI is InChI=1S/C19H25N3O/c1-19(2,3)16-5-4-11-21(13-16)18(23)15-6-8-17(9-7-15)22-12-10-20-14-22/h6-10,12,14,16H,4-5,11,13H2,1-3H3/t16-/m0/s1. The number of imidazole rings is 1. The number of benzene rings is 1. The molecule has 0 saturated carbocycles. The monoisotopic (exact) mass is 311 g/mol. The van der Waals surface area contributed by atoms with Gasteiger partial charge in [-0.2, -0.15) is 0 Å². The predicted molar refractivity (Wildman–Crippen MR) is 91.6 cm³/mol. The van der Waals surface area contributed by atoms with E-state index in [1.165, 1.54) is 6.42 Å². The van der Waals surface area contributed by atoms with E-state index in [0.29, 0.717) is 5.92 Å². The highest BCUT2D eigenvalue weighted by atomic mass is 16.2. The number of likely N-dealkylation sites (tertiary alicyclic amines) is 1. The molecule has 0 bridgehead atoms. The molecule has 0 unspecified atom stereocenters. The van der Waals surface area contributed by atoms with E-state index in [-0.39, 0.29) is 11.3 Å². The van der Waals surface area contributed by atoms with Crippen molar-refractivity contribution in [2.45, 2.75) is 33.6 Å². The Bertz CT molecular complexity index is 653. The molecule has 1 aliphatic rings. The summed E-state index contributed by atoms with van der Waals surface area (Å²) in [5.74, 6) is 0.724. The Labute approximate surface area is 138 Å². The lowest BCUT2D eigenvalue weighted by Gasteiger charge is -2.39. The summed E-state index contributed by atoms with van der Waals surface area (Å²) in [5, 5.41) is 0. The summed E-state index contributed by atoms with van der Waals surface area (Å²) in [5.41, 5.74) is 2.04. The minimum atomic E-state index is 0.149. The maximum absolute atomic E-state index is 12.8. The maximum Gasteiger partial charge on any atom is 0.253 e. The molecule has 1 amide bonds. The highest BCUT2D eigenvalue weighted by Crippen LogP contribution is 2.33. The lowest BCUT2D eigenvalue weighted by Crippen LogP contribution is -2.43. The lowest BCUT2D eigenvalue weighted by atomic mass is 9.76. The highest BCUT2D eigenvalue weighted by Gasteiger charge is 2.31. The van der Waals surface area contributed by atoms with Gasteiger partial charge in [0.15, 0.2) is 0 Å². The van der Waals surface area contributed by atoms with E-state index >= 15 is 0 Å². The molecular weight excluding hydrogens is 286 g/mol. The first-order valence-electron chi connectivity index (χ1n) is 8.33. The zero-order valence-electron chi connectivity index (χ0n) is 14.2. The van der Waals surface area contributed by atoms with E-state index in [4.69, 9.17) is 0 Å². The van der Waals surface area contributed by atoms with Crippen LogP contribution in [-0.4, -0.2) is 33.4 Å². The fraction of sp³-hybridized carbons (Fsp3) is 0.474. The van der Waals surface area contributed by atoms with Gasteiger partial charge in [-0.05, 0) is 48.4 Å². The molecule has 2 aromatic rings. The van der Waals surface area contributed by atoms with Gasteiger partial charge in [-0.1, -0.05) is 20.8 Å². The van der Waals surface area contributed by atoms with Crippen LogP contribution in [0.5, 0.6) is 0 Å². The molecule has 1 atom stereocenters. The minimum absolute atomic E-state index is 0.149. The van der Waals surface area contributed by atoms with Gasteiger partial charge in [0.2, 0.25) is 0 Å². The van der Waals surface area contributed by atoms with Crippen LogP contribution in [0.3, 0.4) is 0 Å². The number of piperidine rings is 1. The second-order valence-electron chi connectivity index (χ2n) is 7.47. The summed E-state index contributed by atoms with van der Waals surface area (Å²) < 4.78 is 1.94. The first kappa shape index (κ1) is 15.8. The minimum Gasteiger partial charge on any atom is -0.338 e. The number of hydrogen-bond donors (Lipinski definition) is 0. The summed E-state index contributed by atoms with van der Waals surface area (Å²) >= 11 is 0. The number of rotatable bonds is 2. The van der Waals surface area contributed by atoms with Gasteiger partial charge >= 0.3 is 0 Å². The molecule has 1 aromatic heterocycles. The van der Waals surface area contributed by atoms with Crippen LogP contribution in [0.15, 0.2) is 43.0 Å². The summed E-state index contributed by atoms with van der Waals surface area (Å²) in [7, 11) is 0. The van der Waals surface area contributed by atoms with E-state index in [0.717, 1.165) is 30.8 Å². The summed E-state index contributed by atoms with van der Waals surface area (Å²) in [6, 6.07) is 7.77. The Hall–Kier alpha value is -2.10. The van der Waals surface area contributed by atoms with Crippen molar-refractivity contribution < 1.29 is 4.79 Å². The van der Waals surface area contributed by atoms with Crippen molar-refractivity contribution in [2.24, 2.45) is 11.3 Å². The zero-order chi connectivity index (χ0) is 16.4. The zero-order valence-corrected chi connectivity index (χ0v) is 14.2. The number of nitrogens with zero attached hydrogens (tertiary/aromatic N) is 3. The molecule has 3 rings (SSSR count). The van der Waals surface area contributed by atoms with Crippen LogP contribution in [-0.2, 0) is 0 Å². The van der Waals surface area contributed by atoms with E-state index in [1.807, 2.05) is 39.9 Å². The Morgan fingerprint density at radius 2 is 1.96 bits per heavy atom. The van der Waals surface area contributed by atoms with E-state index < -0.39 is 0 Å². The Morgan fingerprint density at radius 3 is 2.57 bits per heavy atom. The second kappa shape index (κ2) is 6.19. The van der Waals surface area contributed by atoms with Gasteiger partial charge in [0.1, 0.15) is 0 Å². The molecule has 122 valence electrons. The topological polar surface area (TPSA) is 38.1 Å². The number of amides is 1. The summed E-state index contributed by atoms with van der Waals surface area (Å²) in [6.07, 6.45) is 7.72. The van der Waals surface area contributed by atoms with Gasteiger partial charge in [0.05, 0.1) is 6.33 Å².